The molecule has 0 bridgehead atoms. The van der Waals surface area contributed by atoms with Crippen LogP contribution in [0.25, 0.3) is 22.3 Å². The van der Waals surface area contributed by atoms with E-state index in [1.54, 1.807) is 41.5 Å². The Bertz CT molecular complexity index is 2470. The fourth-order valence-corrected chi connectivity index (χ4v) is 12.3. The van der Waals surface area contributed by atoms with E-state index in [0.717, 1.165) is 10.9 Å². The number of halogens is 2. The number of nitrogens with one attached hydrogen (secondary N) is 1. The van der Waals surface area contributed by atoms with E-state index in [2.05, 4.69) is 29.9 Å². The second-order valence-electron chi connectivity index (χ2n) is 16.4. The summed E-state index contributed by atoms with van der Waals surface area (Å²) in [6.07, 6.45) is -7.46. The van der Waals surface area contributed by atoms with Gasteiger partial charge in [-0.1, -0.05) is 0 Å². The molecule has 7 rings (SSSR count). The summed E-state index contributed by atoms with van der Waals surface area (Å²) in [5.74, 6) is -3.76. The molecular formula is C33H44F2N10O12P2S2. The Morgan fingerprint density at radius 3 is 2.08 bits per heavy atom. The molecule has 2 saturated heterocycles. The van der Waals surface area contributed by atoms with Gasteiger partial charge >= 0.3 is 25.5 Å². The number of hydrogen-bond acceptors (Lipinski definition) is 21. The summed E-state index contributed by atoms with van der Waals surface area (Å²) in [5, 5.41) is 0. The maximum atomic E-state index is 17.0. The summed E-state index contributed by atoms with van der Waals surface area (Å²) in [7, 11) is 0. The quantitative estimate of drug-likeness (QED) is 0.121. The molecule has 3 aliphatic rings. The number of nitrogens with zero attached hydrogens (tertiary/aromatic N) is 7. The largest absolute Gasteiger partial charge is 0.454 e. The van der Waals surface area contributed by atoms with Gasteiger partial charge in [-0.05, 0) is 48.0 Å². The van der Waals surface area contributed by atoms with Crippen LogP contribution in [-0.2, 0) is 51.0 Å². The standard InChI is InChI=1S/C33H44F2N10O12P2S2/c1-32(2,3)29(47)51-13-60-58(49)53-8-15-7-16(44-11-40-20-24(36)38-10-39-25(20)44)18(34)22(15)56-59(50,61-14-52-30(48)33(4,5)6)54-9-17-23(57-58)19(35)28(55-17)45-12-41-21-26(45)42-31(37)43-27(21)46/h10-12,15-19,22-23,28H,7-9,13-14H2,1-6H3,(H2,36,38,39)(H3,37,42,43,46)/t15-,16-,17-,18?,19+,22+,23?,28-,58?,59?/m1/s1. The van der Waals surface area contributed by atoms with E-state index in [0.29, 0.717) is 22.8 Å². The first kappa shape index (κ1) is 45.3. The van der Waals surface area contributed by atoms with Crippen LogP contribution in [0.2, 0.25) is 0 Å². The first-order valence-electron chi connectivity index (χ1n) is 18.7. The van der Waals surface area contributed by atoms with E-state index >= 15 is 8.78 Å². The van der Waals surface area contributed by atoms with E-state index in [-0.39, 0.29) is 40.5 Å². The smallest absolute Gasteiger partial charge is 0.392 e. The second-order valence-corrected chi connectivity index (χ2v) is 24.3. The highest BCUT2D eigenvalue weighted by Crippen LogP contribution is 2.67. The Labute approximate surface area is 353 Å². The number of nitrogen functional groups attached to an aromatic ring is 2. The zero-order valence-corrected chi connectivity index (χ0v) is 37.0. The number of carbonyl (C=O) groups is 2. The van der Waals surface area contributed by atoms with Crippen LogP contribution in [0.4, 0.5) is 20.5 Å². The molecule has 28 heteroatoms. The lowest BCUT2D eigenvalue weighted by Crippen LogP contribution is -2.35. The molecule has 4 unspecified atom stereocenters. The number of ether oxygens (including phenoxy) is 3. The van der Waals surface area contributed by atoms with E-state index in [1.165, 1.54) is 17.2 Å². The van der Waals surface area contributed by atoms with Crippen molar-refractivity contribution in [2.45, 2.75) is 90.9 Å². The number of anilines is 2. The number of hydrogen-bond donors (Lipinski definition) is 3. The maximum Gasteiger partial charge on any atom is 0.392 e. The average molecular weight is 937 g/mol. The Morgan fingerprint density at radius 2 is 1.44 bits per heavy atom. The molecule has 4 aromatic rings. The Morgan fingerprint density at radius 1 is 0.852 bits per heavy atom. The highest BCUT2D eigenvalue weighted by Gasteiger charge is 2.55. The van der Waals surface area contributed by atoms with Crippen LogP contribution in [0.5, 0.6) is 0 Å². The number of carbonyl (C=O) groups excluding carboxylic acids is 2. The molecule has 3 fully saturated rings. The van der Waals surface area contributed by atoms with Crippen LogP contribution in [0.1, 0.15) is 60.2 Å². The summed E-state index contributed by atoms with van der Waals surface area (Å²) in [4.78, 5) is 60.7. The van der Waals surface area contributed by atoms with E-state index < -0.39 is 116 Å². The highest BCUT2D eigenvalue weighted by atomic mass is 32.7. The molecule has 0 radical (unpaired) electrons. The van der Waals surface area contributed by atoms with Gasteiger partial charge in [0, 0.05) is 28.7 Å². The van der Waals surface area contributed by atoms with Crippen molar-refractivity contribution in [1.29, 1.82) is 0 Å². The SMILES string of the molecule is CC(C)(C)C(=O)OCSP1(=O)OC[C@H]2C[C@@H](n3cnc4c(N)ncnc43)C(F)[C@H]2OP(=O)(SCOC(=O)C(C)(C)C)OC[C@H]2O[C@@H](n3cnc4c(=O)[nH]c(N)nc43)[C@@H](F)C2O1. The summed E-state index contributed by atoms with van der Waals surface area (Å²) in [5.41, 5.74) is 9.15. The summed E-state index contributed by atoms with van der Waals surface area (Å²) >= 11 is 0.859. The van der Waals surface area contributed by atoms with Crippen LogP contribution < -0.4 is 17.0 Å². The third-order valence-electron chi connectivity index (χ3n) is 9.80. The first-order valence-corrected chi connectivity index (χ1v) is 24.9. The van der Waals surface area contributed by atoms with Crippen LogP contribution in [0, 0.1) is 16.7 Å². The number of aromatic amines is 1. The normalized spacial score (nSPS) is 31.3. The predicted molar refractivity (Wildman–Crippen MR) is 216 cm³/mol. The van der Waals surface area contributed by atoms with Gasteiger partial charge in [0.15, 0.2) is 35.0 Å². The maximum absolute atomic E-state index is 17.0. The van der Waals surface area contributed by atoms with Crippen molar-refractivity contribution in [3.8, 4) is 0 Å². The average Bonchev–Trinajstić information content (AvgIpc) is 3.94. The van der Waals surface area contributed by atoms with Gasteiger partial charge in [0.2, 0.25) is 5.95 Å². The zero-order chi connectivity index (χ0) is 44.2. The number of aromatic nitrogens is 8. The van der Waals surface area contributed by atoms with Gasteiger partial charge in [0.05, 0.1) is 42.7 Å². The topological polar surface area (TPSA) is 292 Å². The Balaban J connectivity index is 1.25. The number of nitrogens with two attached hydrogens (primary N) is 2. The Kier molecular flexibility index (Phi) is 12.7. The molecule has 1 saturated carbocycles. The molecule has 2 aliphatic heterocycles. The van der Waals surface area contributed by atoms with Gasteiger partial charge < -0.3 is 34.8 Å². The number of fused-ring (bicyclic) bond motifs is 4. The van der Waals surface area contributed by atoms with Gasteiger partial charge in [-0.3, -0.25) is 37.5 Å². The van der Waals surface area contributed by atoms with Gasteiger partial charge in [-0.25, -0.2) is 37.8 Å². The fourth-order valence-electron chi connectivity index (χ4n) is 6.62. The van der Waals surface area contributed by atoms with E-state index in [9.17, 15) is 23.5 Å². The molecule has 0 spiro atoms. The monoisotopic (exact) mass is 936 g/mol. The van der Waals surface area contributed by atoms with E-state index in [4.69, 9.17) is 43.8 Å². The Hall–Kier alpha value is -3.74. The lowest BCUT2D eigenvalue weighted by molar-refractivity contribution is -0.151. The zero-order valence-electron chi connectivity index (χ0n) is 33.5. The molecule has 6 heterocycles. The van der Waals surface area contributed by atoms with Crippen LogP contribution in [-0.4, -0.2) is 107 Å². The molecule has 61 heavy (non-hydrogen) atoms. The number of esters is 2. The van der Waals surface area contributed by atoms with Crippen LogP contribution >= 0.6 is 36.4 Å². The molecular weight excluding hydrogens is 892 g/mol. The van der Waals surface area contributed by atoms with Gasteiger partial charge in [0.25, 0.3) is 5.56 Å². The van der Waals surface area contributed by atoms with Crippen molar-refractivity contribution in [2.75, 3.05) is 36.6 Å². The lowest BCUT2D eigenvalue weighted by Gasteiger charge is -2.31. The number of imidazole rings is 2. The summed E-state index contributed by atoms with van der Waals surface area (Å²) in [6.45, 7) is -1.02. The third kappa shape index (κ3) is 9.47. The van der Waals surface area contributed by atoms with Crippen LogP contribution in [0.3, 0.4) is 0 Å². The molecule has 0 aromatic carbocycles. The van der Waals surface area contributed by atoms with Gasteiger partial charge in [-0.2, -0.15) is 4.98 Å². The molecule has 0 amide bonds. The highest BCUT2D eigenvalue weighted by molar-refractivity contribution is 8.55. The molecule has 1 aliphatic carbocycles. The van der Waals surface area contributed by atoms with Crippen molar-refractivity contribution in [2.24, 2.45) is 16.7 Å². The molecule has 22 nitrogen and oxygen atoms in total. The minimum Gasteiger partial charge on any atom is -0.454 e. The molecule has 5 N–H and O–H groups in total. The number of rotatable bonds is 8. The van der Waals surface area contributed by atoms with Crippen molar-refractivity contribution in [1.82, 2.24) is 39.0 Å². The molecule has 4 aromatic heterocycles. The van der Waals surface area contributed by atoms with Crippen LogP contribution in [0.15, 0.2) is 23.8 Å². The summed E-state index contributed by atoms with van der Waals surface area (Å²) < 4.78 is 107. The fraction of sp³-hybridized carbons (Fsp3) is 0.636. The minimum atomic E-state index is -4.64. The van der Waals surface area contributed by atoms with Gasteiger partial charge in [-0.15, -0.1) is 0 Å². The van der Waals surface area contributed by atoms with Crippen molar-refractivity contribution in [3.05, 3.63) is 29.3 Å². The second kappa shape index (κ2) is 17.1. The predicted octanol–water partition coefficient (Wildman–Crippen LogP) is 4.85. The van der Waals surface area contributed by atoms with Crippen molar-refractivity contribution in [3.63, 3.8) is 0 Å². The lowest BCUT2D eigenvalue weighted by atomic mass is 9.98. The third-order valence-corrected chi connectivity index (χ3v) is 16.5. The number of H-pyrrole nitrogens is 1. The summed E-state index contributed by atoms with van der Waals surface area (Å²) in [6, 6.07) is -1.10. The van der Waals surface area contributed by atoms with E-state index in [1.807, 2.05) is 0 Å². The first-order chi connectivity index (χ1) is 28.6. The molecule has 334 valence electrons. The number of alkyl halides is 2. The van der Waals surface area contributed by atoms with Crippen molar-refractivity contribution >= 4 is 82.4 Å². The van der Waals surface area contributed by atoms with Gasteiger partial charge in [0.1, 0.15) is 48.2 Å². The molecule has 10 atom stereocenters. The van der Waals surface area contributed by atoms with Crippen molar-refractivity contribution < 1.29 is 59.8 Å². The minimum absolute atomic E-state index is 0.0426.